The Morgan fingerprint density at radius 2 is 2.33 bits per heavy atom. The predicted octanol–water partition coefficient (Wildman–Crippen LogP) is 1.04. The molecule has 12 heavy (non-hydrogen) atoms. The maximum atomic E-state index is 9.16. The van der Waals surface area contributed by atoms with E-state index in [1.165, 1.54) is 0 Å². The Hall–Kier alpha value is -1.06. The van der Waals surface area contributed by atoms with E-state index < -0.39 is 0 Å². The van der Waals surface area contributed by atoms with Gasteiger partial charge < -0.3 is 15.6 Å². The van der Waals surface area contributed by atoms with Crippen molar-refractivity contribution in [1.29, 1.82) is 0 Å². The lowest BCUT2D eigenvalue weighted by Gasteiger charge is -2.12. The van der Waals surface area contributed by atoms with Gasteiger partial charge in [-0.25, -0.2) is 0 Å². The van der Waals surface area contributed by atoms with Crippen molar-refractivity contribution >= 4 is 0 Å². The Morgan fingerprint density at radius 1 is 1.58 bits per heavy atom. The minimum atomic E-state index is -0.128. The van der Waals surface area contributed by atoms with Crippen molar-refractivity contribution in [1.82, 2.24) is 0 Å². The molecular formula is C9H13NO2. The number of ether oxygens (including phenoxy) is 1. The molecule has 0 aliphatic heterocycles. The first-order valence-corrected chi connectivity index (χ1v) is 3.79. The Balaban J connectivity index is 2.85. The van der Waals surface area contributed by atoms with E-state index in [1.54, 1.807) is 25.3 Å². The van der Waals surface area contributed by atoms with Gasteiger partial charge >= 0.3 is 0 Å². The Morgan fingerprint density at radius 3 is 2.83 bits per heavy atom. The van der Waals surface area contributed by atoms with Crippen molar-refractivity contribution in [2.75, 3.05) is 13.7 Å². The average molecular weight is 167 g/mol. The molecule has 3 heteroatoms. The van der Waals surface area contributed by atoms with Crippen LogP contribution in [0.5, 0.6) is 5.75 Å². The van der Waals surface area contributed by atoms with Crippen LogP contribution in [0.3, 0.4) is 0 Å². The van der Waals surface area contributed by atoms with Crippen LogP contribution in [0.15, 0.2) is 24.3 Å². The summed E-state index contributed by atoms with van der Waals surface area (Å²) in [4.78, 5) is 0. The quantitative estimate of drug-likeness (QED) is 0.707. The summed E-state index contributed by atoms with van der Waals surface area (Å²) in [7, 11) is 1.60. The first-order chi connectivity index (χ1) is 5.77. The minimum absolute atomic E-state index is 0.128. The van der Waals surface area contributed by atoms with E-state index >= 15 is 0 Å². The van der Waals surface area contributed by atoms with Crippen molar-refractivity contribution in [2.24, 2.45) is 5.73 Å². The van der Waals surface area contributed by atoms with Gasteiger partial charge in [0.2, 0.25) is 0 Å². The minimum Gasteiger partial charge on any atom is -0.508 e. The lowest BCUT2D eigenvalue weighted by Crippen LogP contribution is -2.13. The molecule has 0 saturated carbocycles. The second-order valence-corrected chi connectivity index (χ2v) is 2.56. The van der Waals surface area contributed by atoms with E-state index in [9.17, 15) is 0 Å². The number of methoxy groups -OCH3 is 1. The highest BCUT2D eigenvalue weighted by atomic mass is 16.5. The fourth-order valence-corrected chi connectivity index (χ4v) is 1.09. The fourth-order valence-electron chi connectivity index (χ4n) is 1.09. The molecule has 0 radical (unpaired) electrons. The molecule has 0 aromatic heterocycles. The second kappa shape index (κ2) is 4.09. The van der Waals surface area contributed by atoms with Crippen molar-refractivity contribution in [2.45, 2.75) is 6.10 Å². The zero-order valence-electron chi connectivity index (χ0n) is 7.03. The molecule has 1 aromatic rings. The number of hydrogen-bond acceptors (Lipinski definition) is 3. The SMILES string of the molecule is COC(CN)c1cccc(O)c1. The third kappa shape index (κ3) is 1.96. The standard InChI is InChI=1S/C9H13NO2/c1-12-9(6-10)7-3-2-4-8(11)5-7/h2-5,9,11H,6,10H2,1H3. The molecule has 3 N–H and O–H groups in total. The molecule has 0 heterocycles. The molecule has 0 bridgehead atoms. The Labute approximate surface area is 71.8 Å². The van der Waals surface area contributed by atoms with E-state index in [4.69, 9.17) is 15.6 Å². The van der Waals surface area contributed by atoms with E-state index in [1.807, 2.05) is 6.07 Å². The third-order valence-corrected chi connectivity index (χ3v) is 1.74. The highest BCUT2D eigenvalue weighted by Crippen LogP contribution is 2.19. The molecule has 1 atom stereocenters. The summed E-state index contributed by atoms with van der Waals surface area (Å²) in [5, 5.41) is 9.16. The van der Waals surface area contributed by atoms with Gasteiger partial charge in [0.15, 0.2) is 0 Å². The second-order valence-electron chi connectivity index (χ2n) is 2.56. The number of aromatic hydroxyl groups is 1. The molecule has 1 unspecified atom stereocenters. The molecule has 0 spiro atoms. The normalized spacial score (nSPS) is 12.8. The predicted molar refractivity (Wildman–Crippen MR) is 46.9 cm³/mol. The summed E-state index contributed by atoms with van der Waals surface area (Å²) < 4.78 is 5.10. The molecule has 0 saturated heterocycles. The van der Waals surface area contributed by atoms with Crippen LogP contribution in [0, 0.1) is 0 Å². The van der Waals surface area contributed by atoms with Crippen LogP contribution in [0.4, 0.5) is 0 Å². The van der Waals surface area contributed by atoms with Gasteiger partial charge in [-0.3, -0.25) is 0 Å². The van der Waals surface area contributed by atoms with Crippen LogP contribution in [-0.4, -0.2) is 18.8 Å². The summed E-state index contributed by atoms with van der Waals surface area (Å²) in [6, 6.07) is 6.92. The number of phenols is 1. The zero-order valence-corrected chi connectivity index (χ0v) is 7.03. The van der Waals surface area contributed by atoms with Crippen LogP contribution in [0.1, 0.15) is 11.7 Å². The smallest absolute Gasteiger partial charge is 0.115 e. The Kier molecular flexibility index (Phi) is 3.08. The van der Waals surface area contributed by atoms with Gasteiger partial charge in [-0.05, 0) is 17.7 Å². The molecule has 0 amide bonds. The number of nitrogens with two attached hydrogens (primary N) is 1. The van der Waals surface area contributed by atoms with Gasteiger partial charge in [0.25, 0.3) is 0 Å². The summed E-state index contributed by atoms with van der Waals surface area (Å²) in [5.74, 6) is 0.239. The molecule has 66 valence electrons. The van der Waals surface area contributed by atoms with Crippen LogP contribution in [0.25, 0.3) is 0 Å². The van der Waals surface area contributed by atoms with E-state index in [0.29, 0.717) is 6.54 Å². The molecular weight excluding hydrogens is 154 g/mol. The Bertz CT molecular complexity index is 246. The zero-order chi connectivity index (χ0) is 8.97. The molecule has 0 aliphatic rings. The number of rotatable bonds is 3. The van der Waals surface area contributed by atoms with E-state index in [-0.39, 0.29) is 11.9 Å². The first kappa shape index (κ1) is 9.03. The average Bonchev–Trinajstić information content (AvgIpc) is 2.07. The molecule has 0 aliphatic carbocycles. The van der Waals surface area contributed by atoms with Gasteiger partial charge in [-0.1, -0.05) is 12.1 Å². The first-order valence-electron chi connectivity index (χ1n) is 3.79. The highest BCUT2D eigenvalue weighted by Gasteiger charge is 2.07. The van der Waals surface area contributed by atoms with E-state index in [0.717, 1.165) is 5.56 Å². The van der Waals surface area contributed by atoms with Gasteiger partial charge in [0.1, 0.15) is 5.75 Å². The molecule has 0 fully saturated rings. The fraction of sp³-hybridized carbons (Fsp3) is 0.333. The maximum absolute atomic E-state index is 9.16. The van der Waals surface area contributed by atoms with Gasteiger partial charge in [0.05, 0.1) is 6.10 Å². The number of phenolic OH excluding ortho intramolecular Hbond substituents is 1. The summed E-state index contributed by atoms with van der Waals surface area (Å²) >= 11 is 0. The lowest BCUT2D eigenvalue weighted by atomic mass is 10.1. The van der Waals surface area contributed by atoms with Crippen LogP contribution >= 0.6 is 0 Å². The maximum Gasteiger partial charge on any atom is 0.115 e. The third-order valence-electron chi connectivity index (χ3n) is 1.74. The van der Waals surface area contributed by atoms with E-state index in [2.05, 4.69) is 0 Å². The van der Waals surface area contributed by atoms with Crippen molar-refractivity contribution in [3.05, 3.63) is 29.8 Å². The summed E-state index contributed by atoms with van der Waals surface area (Å²) in [5.41, 5.74) is 6.36. The van der Waals surface area contributed by atoms with Crippen LogP contribution < -0.4 is 5.73 Å². The van der Waals surface area contributed by atoms with Crippen molar-refractivity contribution in [3.8, 4) is 5.75 Å². The number of hydrogen-bond donors (Lipinski definition) is 2. The number of benzene rings is 1. The topological polar surface area (TPSA) is 55.5 Å². The van der Waals surface area contributed by atoms with Gasteiger partial charge in [0, 0.05) is 13.7 Å². The van der Waals surface area contributed by atoms with Gasteiger partial charge in [-0.2, -0.15) is 0 Å². The summed E-state index contributed by atoms with van der Waals surface area (Å²) in [6.07, 6.45) is -0.128. The summed E-state index contributed by atoms with van der Waals surface area (Å²) in [6.45, 7) is 0.417. The van der Waals surface area contributed by atoms with Crippen molar-refractivity contribution in [3.63, 3.8) is 0 Å². The monoisotopic (exact) mass is 167 g/mol. The lowest BCUT2D eigenvalue weighted by molar-refractivity contribution is 0.110. The molecule has 3 nitrogen and oxygen atoms in total. The van der Waals surface area contributed by atoms with Crippen molar-refractivity contribution < 1.29 is 9.84 Å². The van der Waals surface area contributed by atoms with Crippen LogP contribution in [0.2, 0.25) is 0 Å². The van der Waals surface area contributed by atoms with Gasteiger partial charge in [-0.15, -0.1) is 0 Å². The largest absolute Gasteiger partial charge is 0.508 e. The molecule has 1 aromatic carbocycles. The van der Waals surface area contributed by atoms with Crippen LogP contribution in [-0.2, 0) is 4.74 Å². The highest BCUT2D eigenvalue weighted by molar-refractivity contribution is 5.28. The molecule has 1 rings (SSSR count).